The van der Waals surface area contributed by atoms with Gasteiger partial charge in [0, 0.05) is 36.7 Å². The molecule has 1 aromatic rings. The topological polar surface area (TPSA) is 19.4 Å². The number of anilines is 1. The monoisotopic (exact) mass is 299 g/mol. The van der Waals surface area contributed by atoms with Crippen molar-refractivity contribution in [1.29, 1.82) is 0 Å². The minimum absolute atomic E-state index is 0.859. The van der Waals surface area contributed by atoms with Gasteiger partial charge in [-0.15, -0.1) is 0 Å². The molecular formula is C13H22BrN3. The molecule has 0 amide bonds. The van der Waals surface area contributed by atoms with E-state index in [1.165, 1.54) is 5.56 Å². The van der Waals surface area contributed by atoms with Gasteiger partial charge in [0.25, 0.3) is 0 Å². The maximum Gasteiger partial charge on any atom is 0.132 e. The molecule has 4 heteroatoms. The number of alkyl halides is 1. The zero-order valence-electron chi connectivity index (χ0n) is 11.0. The Hall–Kier alpha value is -0.610. The largest absolute Gasteiger partial charge is 0.355 e. The van der Waals surface area contributed by atoms with Crippen molar-refractivity contribution in [1.82, 2.24) is 9.88 Å². The summed E-state index contributed by atoms with van der Waals surface area (Å²) in [6.07, 6.45) is 3.02. The highest BCUT2D eigenvalue weighted by Crippen LogP contribution is 2.19. The first-order chi connectivity index (χ1) is 8.19. The van der Waals surface area contributed by atoms with E-state index in [1.54, 1.807) is 0 Å². The highest BCUT2D eigenvalue weighted by atomic mass is 79.9. The molecule has 3 nitrogen and oxygen atoms in total. The van der Waals surface area contributed by atoms with Crippen LogP contribution in [0.4, 0.5) is 5.82 Å². The molecule has 0 fully saturated rings. The molecule has 0 aromatic carbocycles. The molecule has 0 saturated heterocycles. The van der Waals surface area contributed by atoms with Gasteiger partial charge in [-0.05, 0) is 26.6 Å². The van der Waals surface area contributed by atoms with Gasteiger partial charge in [-0.25, -0.2) is 4.98 Å². The summed E-state index contributed by atoms with van der Waals surface area (Å²) in [5, 5.41) is 0.859. The summed E-state index contributed by atoms with van der Waals surface area (Å²) in [5.74, 6) is 1.12. The number of aromatic nitrogens is 1. The minimum Gasteiger partial charge on any atom is -0.355 e. The molecule has 0 spiro atoms. The van der Waals surface area contributed by atoms with Crippen LogP contribution in [0.5, 0.6) is 0 Å². The first-order valence-electron chi connectivity index (χ1n) is 6.08. The summed E-state index contributed by atoms with van der Waals surface area (Å²) in [5.41, 5.74) is 1.26. The predicted molar refractivity (Wildman–Crippen MR) is 77.9 cm³/mol. The molecule has 0 aliphatic carbocycles. The maximum absolute atomic E-state index is 4.52. The zero-order chi connectivity index (χ0) is 12.7. The van der Waals surface area contributed by atoms with Crippen molar-refractivity contribution in [3.63, 3.8) is 0 Å². The summed E-state index contributed by atoms with van der Waals surface area (Å²) >= 11 is 3.53. The second-order valence-electron chi connectivity index (χ2n) is 4.41. The summed E-state index contributed by atoms with van der Waals surface area (Å²) in [7, 11) is 4.21. The van der Waals surface area contributed by atoms with E-state index in [0.29, 0.717) is 0 Å². The third kappa shape index (κ3) is 4.64. The van der Waals surface area contributed by atoms with Crippen molar-refractivity contribution in [3.8, 4) is 0 Å². The Morgan fingerprint density at radius 2 is 2.00 bits per heavy atom. The van der Waals surface area contributed by atoms with Crippen molar-refractivity contribution < 1.29 is 0 Å². The average molecular weight is 300 g/mol. The van der Waals surface area contributed by atoms with Crippen LogP contribution in [0.15, 0.2) is 18.3 Å². The summed E-state index contributed by atoms with van der Waals surface area (Å²) in [6.45, 7) is 5.35. The molecule has 0 radical (unpaired) electrons. The number of hydrogen-bond acceptors (Lipinski definition) is 3. The summed E-state index contributed by atoms with van der Waals surface area (Å²) < 4.78 is 0. The van der Waals surface area contributed by atoms with Crippen LogP contribution in [0.25, 0.3) is 0 Å². The van der Waals surface area contributed by atoms with E-state index in [9.17, 15) is 0 Å². The summed E-state index contributed by atoms with van der Waals surface area (Å²) in [6, 6.07) is 4.13. The van der Waals surface area contributed by atoms with Crippen molar-refractivity contribution in [3.05, 3.63) is 23.9 Å². The Morgan fingerprint density at radius 1 is 1.24 bits per heavy atom. The molecule has 96 valence electrons. The predicted octanol–water partition coefficient (Wildman–Crippen LogP) is 2.75. The fourth-order valence-electron chi connectivity index (χ4n) is 1.73. The average Bonchev–Trinajstić information content (AvgIpc) is 2.34. The first kappa shape index (κ1) is 14.5. The molecule has 0 saturated carbocycles. The highest BCUT2D eigenvalue weighted by Gasteiger charge is 2.11. The van der Waals surface area contributed by atoms with Gasteiger partial charge in [-0.3, -0.25) is 0 Å². The summed E-state index contributed by atoms with van der Waals surface area (Å²) in [4.78, 5) is 9.10. The van der Waals surface area contributed by atoms with Crippen LogP contribution < -0.4 is 4.90 Å². The van der Waals surface area contributed by atoms with E-state index in [4.69, 9.17) is 0 Å². The van der Waals surface area contributed by atoms with Crippen LogP contribution in [0.1, 0.15) is 18.9 Å². The van der Waals surface area contributed by atoms with Crippen LogP contribution in [0.3, 0.4) is 0 Å². The molecule has 1 heterocycles. The van der Waals surface area contributed by atoms with Gasteiger partial charge < -0.3 is 9.80 Å². The lowest BCUT2D eigenvalue weighted by atomic mass is 10.2. The highest BCUT2D eigenvalue weighted by molar-refractivity contribution is 9.08. The third-order valence-electron chi connectivity index (χ3n) is 2.62. The number of nitrogens with zero attached hydrogens (tertiary/aromatic N) is 3. The van der Waals surface area contributed by atoms with Crippen LogP contribution in [0.2, 0.25) is 0 Å². The smallest absolute Gasteiger partial charge is 0.132 e. The molecule has 1 rings (SSSR count). The van der Waals surface area contributed by atoms with Crippen LogP contribution in [-0.2, 0) is 5.33 Å². The lowest BCUT2D eigenvalue weighted by Gasteiger charge is -2.26. The SMILES string of the molecule is CCCN(CCN(C)C)c1ncccc1CBr. The van der Waals surface area contributed by atoms with Crippen LogP contribution >= 0.6 is 15.9 Å². The van der Waals surface area contributed by atoms with Gasteiger partial charge in [-0.1, -0.05) is 28.9 Å². The van der Waals surface area contributed by atoms with E-state index in [2.05, 4.69) is 57.8 Å². The van der Waals surface area contributed by atoms with Gasteiger partial charge in [0.15, 0.2) is 0 Å². The van der Waals surface area contributed by atoms with E-state index in [-0.39, 0.29) is 0 Å². The van der Waals surface area contributed by atoms with Crippen molar-refractivity contribution in [2.24, 2.45) is 0 Å². The molecule has 0 aliphatic heterocycles. The van der Waals surface area contributed by atoms with Crippen LogP contribution in [-0.4, -0.2) is 43.6 Å². The normalized spacial score (nSPS) is 10.9. The van der Waals surface area contributed by atoms with Gasteiger partial charge in [0.05, 0.1) is 0 Å². The number of halogens is 1. The van der Waals surface area contributed by atoms with Gasteiger partial charge >= 0.3 is 0 Å². The lowest BCUT2D eigenvalue weighted by molar-refractivity contribution is 0.412. The van der Waals surface area contributed by atoms with Gasteiger partial charge in [0.1, 0.15) is 5.82 Å². The zero-order valence-corrected chi connectivity index (χ0v) is 12.6. The third-order valence-corrected chi connectivity index (χ3v) is 3.23. The minimum atomic E-state index is 0.859. The molecule has 0 atom stereocenters. The number of hydrogen-bond donors (Lipinski definition) is 0. The van der Waals surface area contributed by atoms with Crippen molar-refractivity contribution >= 4 is 21.7 Å². The molecular weight excluding hydrogens is 278 g/mol. The Labute approximate surface area is 113 Å². The number of rotatable bonds is 7. The van der Waals surface area contributed by atoms with Gasteiger partial charge in [0.2, 0.25) is 0 Å². The second-order valence-corrected chi connectivity index (χ2v) is 4.97. The maximum atomic E-state index is 4.52. The number of pyridine rings is 1. The molecule has 0 aliphatic rings. The van der Waals surface area contributed by atoms with Gasteiger partial charge in [-0.2, -0.15) is 0 Å². The molecule has 17 heavy (non-hydrogen) atoms. The van der Waals surface area contributed by atoms with Crippen LogP contribution in [0, 0.1) is 0 Å². The van der Waals surface area contributed by atoms with E-state index in [0.717, 1.165) is 37.2 Å². The first-order valence-corrected chi connectivity index (χ1v) is 7.20. The standard InChI is InChI=1S/C13H22BrN3/c1-4-8-17(10-9-16(2)3)13-12(11-14)6-5-7-15-13/h5-7H,4,8-11H2,1-3H3. The Bertz CT molecular complexity index is 328. The lowest BCUT2D eigenvalue weighted by Crippen LogP contribution is -2.33. The fraction of sp³-hybridized carbons (Fsp3) is 0.615. The van der Waals surface area contributed by atoms with E-state index < -0.39 is 0 Å². The Morgan fingerprint density at radius 3 is 2.59 bits per heavy atom. The van der Waals surface area contributed by atoms with E-state index in [1.807, 2.05) is 12.3 Å². The second kappa shape index (κ2) is 7.67. The molecule has 0 N–H and O–H groups in total. The Kier molecular flexibility index (Phi) is 6.52. The van der Waals surface area contributed by atoms with Crippen molar-refractivity contribution in [2.45, 2.75) is 18.7 Å². The van der Waals surface area contributed by atoms with E-state index >= 15 is 0 Å². The molecule has 1 aromatic heterocycles. The Balaban J connectivity index is 2.80. The fourth-order valence-corrected chi connectivity index (χ4v) is 2.17. The molecule has 0 unspecified atom stereocenters. The van der Waals surface area contributed by atoms with Crippen molar-refractivity contribution in [2.75, 3.05) is 38.6 Å². The quantitative estimate of drug-likeness (QED) is 0.722. The molecule has 0 bridgehead atoms. The number of likely N-dealkylation sites (N-methyl/N-ethyl adjacent to an activating group) is 1.